The molecule has 0 radical (unpaired) electrons. The summed E-state index contributed by atoms with van der Waals surface area (Å²) in [5.41, 5.74) is -2.06. The number of aliphatic hydroxyl groups excluding tert-OH is 1. The summed E-state index contributed by atoms with van der Waals surface area (Å²) < 4.78 is 53.9. The fourth-order valence-corrected chi connectivity index (χ4v) is 3.27. The van der Waals surface area contributed by atoms with Crippen LogP contribution in [0.5, 0.6) is 5.75 Å². The second-order valence-electron chi connectivity index (χ2n) is 6.83. The molecule has 0 amide bonds. The van der Waals surface area contributed by atoms with Crippen molar-refractivity contribution in [3.63, 3.8) is 0 Å². The Morgan fingerprint density at radius 2 is 1.75 bits per heavy atom. The largest absolute Gasteiger partial charge is 0.497 e. The molecule has 0 bridgehead atoms. The summed E-state index contributed by atoms with van der Waals surface area (Å²) >= 11 is 6.00. The first-order chi connectivity index (χ1) is 15.3. The molecule has 2 aromatic rings. The van der Waals surface area contributed by atoms with Crippen LogP contribution in [0.3, 0.4) is 0 Å². The maximum atomic E-state index is 14.4. The molecule has 0 saturated heterocycles. The first-order valence-corrected chi connectivity index (χ1v) is 10.6. The standard InChI is InChI=1S/C21H17ClF3NO2.C2H6.CH4O/c1-27-16-7-4-14(5-8-16)19-26-18-9-6-15(22)12-17(18)20(28-19,21(23,24)25)11-10-13-2-3-13;2*1-2/h4-9,12-13,19,26H,2-3H2,1H3;1-2H3;2H,1H3. The van der Waals surface area contributed by atoms with E-state index < -0.39 is 18.0 Å². The van der Waals surface area contributed by atoms with Crippen LogP contribution in [0.25, 0.3) is 0 Å². The lowest BCUT2D eigenvalue weighted by Crippen LogP contribution is -2.48. The van der Waals surface area contributed by atoms with Gasteiger partial charge < -0.3 is 19.9 Å². The second-order valence-corrected chi connectivity index (χ2v) is 7.26. The number of rotatable bonds is 2. The summed E-state index contributed by atoms with van der Waals surface area (Å²) in [6, 6.07) is 11.0. The highest BCUT2D eigenvalue weighted by Gasteiger charge is 2.61. The van der Waals surface area contributed by atoms with E-state index in [4.69, 9.17) is 26.2 Å². The molecular formula is C24H27ClF3NO3. The molecule has 1 aliphatic heterocycles. The Morgan fingerprint density at radius 3 is 2.28 bits per heavy atom. The van der Waals surface area contributed by atoms with Crippen LogP contribution in [-0.2, 0) is 10.3 Å². The Balaban J connectivity index is 0.000000860. The average molecular weight is 470 g/mol. The molecule has 174 valence electrons. The predicted octanol–water partition coefficient (Wildman–Crippen LogP) is 6.30. The minimum absolute atomic E-state index is 0.0141. The number of alkyl halides is 3. The highest BCUT2D eigenvalue weighted by Crippen LogP contribution is 2.51. The van der Waals surface area contributed by atoms with Gasteiger partial charge in [0.2, 0.25) is 0 Å². The molecule has 2 atom stereocenters. The van der Waals surface area contributed by atoms with Crippen molar-refractivity contribution < 1.29 is 27.8 Å². The van der Waals surface area contributed by atoms with Crippen LogP contribution in [0.15, 0.2) is 42.5 Å². The van der Waals surface area contributed by atoms with Crippen LogP contribution in [0.4, 0.5) is 18.9 Å². The first-order valence-electron chi connectivity index (χ1n) is 10.2. The smallest absolute Gasteiger partial charge is 0.433 e. The lowest BCUT2D eigenvalue weighted by Gasteiger charge is -2.41. The maximum absolute atomic E-state index is 14.4. The number of hydrogen-bond donors (Lipinski definition) is 2. The molecule has 0 spiro atoms. The second kappa shape index (κ2) is 11.0. The van der Waals surface area contributed by atoms with Crippen LogP contribution in [-0.4, -0.2) is 25.5 Å². The molecule has 1 saturated carbocycles. The fraction of sp³-hybridized carbons (Fsp3) is 0.417. The van der Waals surface area contributed by atoms with Gasteiger partial charge in [-0.2, -0.15) is 13.2 Å². The van der Waals surface area contributed by atoms with E-state index in [2.05, 4.69) is 17.2 Å². The Bertz CT molecular complexity index is 950. The van der Waals surface area contributed by atoms with Crippen LogP contribution in [0.2, 0.25) is 5.02 Å². The number of halogens is 4. The number of ether oxygens (including phenoxy) is 2. The van der Waals surface area contributed by atoms with Gasteiger partial charge in [-0.25, -0.2) is 0 Å². The summed E-state index contributed by atoms with van der Waals surface area (Å²) in [5, 5.41) is 10.2. The zero-order chi connectivity index (χ0) is 23.9. The normalized spacial score (nSPS) is 21.2. The van der Waals surface area contributed by atoms with Gasteiger partial charge in [0.25, 0.3) is 5.60 Å². The minimum Gasteiger partial charge on any atom is -0.497 e. The summed E-state index contributed by atoms with van der Waals surface area (Å²) in [6.45, 7) is 4.00. The molecule has 2 unspecified atom stereocenters. The van der Waals surface area contributed by atoms with Crippen LogP contribution in [0.1, 0.15) is 44.0 Å². The number of fused-ring (bicyclic) bond motifs is 1. The molecule has 2 aromatic carbocycles. The van der Waals surface area contributed by atoms with Crippen molar-refractivity contribution >= 4 is 17.3 Å². The predicted molar refractivity (Wildman–Crippen MR) is 120 cm³/mol. The summed E-state index contributed by atoms with van der Waals surface area (Å²) in [4.78, 5) is 0. The third kappa shape index (κ3) is 5.50. The fourth-order valence-electron chi connectivity index (χ4n) is 3.09. The van der Waals surface area contributed by atoms with Crippen molar-refractivity contribution in [3.8, 4) is 17.6 Å². The Hall–Kier alpha value is -2.40. The van der Waals surface area contributed by atoms with Gasteiger partial charge in [-0.15, -0.1) is 0 Å². The molecule has 4 nitrogen and oxygen atoms in total. The number of anilines is 1. The summed E-state index contributed by atoms with van der Waals surface area (Å²) in [5.74, 6) is 5.75. The van der Waals surface area contributed by atoms with E-state index in [1.165, 1.54) is 19.2 Å². The topological polar surface area (TPSA) is 50.7 Å². The van der Waals surface area contributed by atoms with Gasteiger partial charge in [0.1, 0.15) is 5.75 Å². The van der Waals surface area contributed by atoms with Gasteiger partial charge in [0.05, 0.1) is 7.11 Å². The van der Waals surface area contributed by atoms with E-state index in [1.807, 2.05) is 13.8 Å². The monoisotopic (exact) mass is 469 g/mol. The highest BCUT2D eigenvalue weighted by atomic mass is 35.5. The van der Waals surface area contributed by atoms with Crippen molar-refractivity contribution in [3.05, 3.63) is 58.6 Å². The van der Waals surface area contributed by atoms with Crippen LogP contribution in [0, 0.1) is 17.8 Å². The molecule has 0 aromatic heterocycles. The molecule has 2 aliphatic rings. The van der Waals surface area contributed by atoms with E-state index in [-0.39, 0.29) is 16.5 Å². The average Bonchev–Trinajstić information content (AvgIpc) is 3.64. The van der Waals surface area contributed by atoms with Crippen molar-refractivity contribution in [1.82, 2.24) is 0 Å². The van der Waals surface area contributed by atoms with Crippen LogP contribution < -0.4 is 10.1 Å². The lowest BCUT2D eigenvalue weighted by molar-refractivity contribution is -0.273. The van der Waals surface area contributed by atoms with E-state index >= 15 is 0 Å². The maximum Gasteiger partial charge on any atom is 0.433 e. The lowest BCUT2D eigenvalue weighted by atomic mass is 9.89. The van der Waals surface area contributed by atoms with Gasteiger partial charge in [-0.3, -0.25) is 0 Å². The van der Waals surface area contributed by atoms with Gasteiger partial charge in [-0.05, 0) is 43.2 Å². The molecule has 1 aliphatic carbocycles. The number of benzene rings is 2. The van der Waals surface area contributed by atoms with Gasteiger partial charge in [0, 0.05) is 34.9 Å². The highest BCUT2D eigenvalue weighted by molar-refractivity contribution is 6.30. The zero-order valence-corrected chi connectivity index (χ0v) is 19.1. The number of aliphatic hydroxyl groups is 1. The van der Waals surface area contributed by atoms with Crippen molar-refractivity contribution in [2.45, 2.75) is 44.7 Å². The molecular weight excluding hydrogens is 443 g/mol. The van der Waals surface area contributed by atoms with Gasteiger partial charge >= 0.3 is 6.18 Å². The van der Waals surface area contributed by atoms with Crippen molar-refractivity contribution in [2.75, 3.05) is 19.5 Å². The zero-order valence-electron chi connectivity index (χ0n) is 18.4. The van der Waals surface area contributed by atoms with Crippen molar-refractivity contribution in [2.24, 2.45) is 5.92 Å². The van der Waals surface area contributed by atoms with Gasteiger partial charge in [-0.1, -0.05) is 49.4 Å². The van der Waals surface area contributed by atoms with Gasteiger partial charge in [0.15, 0.2) is 6.23 Å². The quantitative estimate of drug-likeness (QED) is 0.507. The number of nitrogens with one attached hydrogen (secondary N) is 1. The number of methoxy groups -OCH3 is 1. The third-order valence-corrected chi connectivity index (χ3v) is 5.02. The summed E-state index contributed by atoms with van der Waals surface area (Å²) in [7, 11) is 2.52. The molecule has 1 heterocycles. The Morgan fingerprint density at radius 1 is 1.12 bits per heavy atom. The molecule has 4 rings (SSSR count). The van der Waals surface area contributed by atoms with E-state index in [1.54, 1.807) is 30.3 Å². The minimum atomic E-state index is -4.75. The summed E-state index contributed by atoms with van der Waals surface area (Å²) in [6.07, 6.45) is -4.16. The van der Waals surface area contributed by atoms with Crippen LogP contribution >= 0.6 is 11.6 Å². The Labute approximate surface area is 191 Å². The SMILES string of the molecule is CC.CO.COc1ccc(C2Nc3ccc(Cl)cc3C(C#CC3CC3)(C(F)(F)F)O2)cc1. The molecule has 32 heavy (non-hydrogen) atoms. The van der Waals surface area contributed by atoms with E-state index in [0.717, 1.165) is 20.0 Å². The molecule has 1 fully saturated rings. The van der Waals surface area contributed by atoms with E-state index in [0.29, 0.717) is 17.0 Å². The first kappa shape index (κ1) is 25.9. The van der Waals surface area contributed by atoms with E-state index in [9.17, 15) is 13.2 Å². The molecule has 8 heteroatoms. The Kier molecular flexibility index (Phi) is 8.85. The molecule has 2 N–H and O–H groups in total. The number of hydrogen-bond acceptors (Lipinski definition) is 4. The van der Waals surface area contributed by atoms with Crippen molar-refractivity contribution in [1.29, 1.82) is 0 Å². The third-order valence-electron chi connectivity index (χ3n) is 4.79.